The van der Waals surface area contributed by atoms with Crippen LogP contribution < -0.4 is 9.47 Å². The summed E-state index contributed by atoms with van der Waals surface area (Å²) in [5.41, 5.74) is 1.18. The van der Waals surface area contributed by atoms with Gasteiger partial charge >= 0.3 is 0 Å². The Bertz CT molecular complexity index is 1290. The van der Waals surface area contributed by atoms with Crippen LogP contribution in [0.15, 0.2) is 45.8 Å². The molecule has 2 aliphatic rings. The summed E-state index contributed by atoms with van der Waals surface area (Å²) in [6, 6.07) is 9.53. The van der Waals surface area contributed by atoms with Crippen molar-refractivity contribution in [1.29, 1.82) is 0 Å². The monoisotopic (exact) mass is 603 g/mol. The number of nitro benzene ring substituents is 1. The Morgan fingerprint density at radius 3 is 2.58 bits per heavy atom. The van der Waals surface area contributed by atoms with Crippen molar-refractivity contribution < 1.29 is 28.8 Å². The van der Waals surface area contributed by atoms with Crippen molar-refractivity contribution in [2.24, 2.45) is 0 Å². The molecule has 0 saturated carbocycles. The molecular formula is C26H26BrN3O7S. The second-order valence-corrected chi connectivity index (χ2v) is 10.5. The number of carbonyl (C=O) groups is 3. The van der Waals surface area contributed by atoms with Crippen molar-refractivity contribution in [3.05, 3.63) is 67.0 Å². The zero-order valence-corrected chi connectivity index (χ0v) is 23.1. The van der Waals surface area contributed by atoms with Crippen LogP contribution in [0.2, 0.25) is 0 Å². The van der Waals surface area contributed by atoms with Gasteiger partial charge in [-0.15, -0.1) is 0 Å². The van der Waals surface area contributed by atoms with Gasteiger partial charge in [0.15, 0.2) is 11.5 Å². The second-order valence-electron chi connectivity index (χ2n) is 8.68. The maximum Gasteiger partial charge on any atom is 0.294 e. The standard InChI is InChI=1S/C26H26BrN3O7S/c1-2-36-21-12-18(20(27)14-22(21)37-16-17-7-6-8-19(11-17)30(34)35)13-23-25(32)29(26(33)38-23)15-24(31)28-9-4-3-5-10-28/h6-8,11-14H,2-5,9-10,15-16H2,1H3/b23-13-. The topological polar surface area (TPSA) is 119 Å². The fourth-order valence-electron chi connectivity index (χ4n) is 4.12. The van der Waals surface area contributed by atoms with E-state index in [0.29, 0.717) is 46.8 Å². The van der Waals surface area contributed by atoms with E-state index in [4.69, 9.17) is 9.47 Å². The third-order valence-electron chi connectivity index (χ3n) is 6.04. The number of halogens is 1. The molecule has 2 saturated heterocycles. The lowest BCUT2D eigenvalue weighted by molar-refractivity contribution is -0.384. The lowest BCUT2D eigenvalue weighted by atomic mass is 10.1. The molecule has 0 atom stereocenters. The van der Waals surface area contributed by atoms with E-state index in [0.717, 1.165) is 35.9 Å². The van der Waals surface area contributed by atoms with Crippen LogP contribution >= 0.6 is 27.7 Å². The van der Waals surface area contributed by atoms with Gasteiger partial charge in [-0.3, -0.25) is 29.4 Å². The summed E-state index contributed by atoms with van der Waals surface area (Å²) in [5, 5.41) is 10.6. The first-order valence-electron chi connectivity index (χ1n) is 12.1. The number of hydrogen-bond donors (Lipinski definition) is 0. The van der Waals surface area contributed by atoms with Crippen LogP contribution in [0.3, 0.4) is 0 Å². The Morgan fingerprint density at radius 2 is 1.87 bits per heavy atom. The highest BCUT2D eigenvalue weighted by atomic mass is 79.9. The predicted molar refractivity (Wildman–Crippen MR) is 146 cm³/mol. The molecule has 0 N–H and O–H groups in total. The largest absolute Gasteiger partial charge is 0.490 e. The third-order valence-corrected chi connectivity index (χ3v) is 7.64. The SMILES string of the molecule is CCOc1cc(/C=C2\SC(=O)N(CC(=O)N3CCCCC3)C2=O)c(Br)cc1OCc1cccc([N+](=O)[O-])c1. The van der Waals surface area contributed by atoms with Gasteiger partial charge in [0.2, 0.25) is 5.91 Å². The molecule has 0 unspecified atom stereocenters. The van der Waals surface area contributed by atoms with Crippen molar-refractivity contribution in [3.63, 3.8) is 0 Å². The number of likely N-dealkylation sites (tertiary alicyclic amines) is 1. The van der Waals surface area contributed by atoms with Crippen molar-refractivity contribution in [2.75, 3.05) is 26.2 Å². The molecule has 2 heterocycles. The van der Waals surface area contributed by atoms with Crippen molar-refractivity contribution >= 4 is 56.5 Å². The predicted octanol–water partition coefficient (Wildman–Crippen LogP) is 5.38. The van der Waals surface area contributed by atoms with E-state index >= 15 is 0 Å². The highest BCUT2D eigenvalue weighted by Gasteiger charge is 2.37. The van der Waals surface area contributed by atoms with Crippen LogP contribution in [-0.2, 0) is 16.2 Å². The molecular weight excluding hydrogens is 578 g/mol. The third kappa shape index (κ3) is 6.54. The Kier molecular flexibility index (Phi) is 9.05. The summed E-state index contributed by atoms with van der Waals surface area (Å²) in [6.07, 6.45) is 4.50. The number of imide groups is 1. The van der Waals surface area contributed by atoms with Crippen molar-refractivity contribution in [3.8, 4) is 11.5 Å². The molecule has 200 valence electrons. The molecule has 38 heavy (non-hydrogen) atoms. The molecule has 0 aromatic heterocycles. The summed E-state index contributed by atoms with van der Waals surface area (Å²) < 4.78 is 12.2. The normalized spacial score (nSPS) is 16.7. The lowest BCUT2D eigenvalue weighted by Crippen LogP contribution is -2.44. The zero-order chi connectivity index (χ0) is 27.2. The van der Waals surface area contributed by atoms with Gasteiger partial charge in [0.1, 0.15) is 13.2 Å². The van der Waals surface area contributed by atoms with E-state index < -0.39 is 16.1 Å². The van der Waals surface area contributed by atoms with Gasteiger partial charge in [0.25, 0.3) is 16.8 Å². The Hall–Kier alpha value is -3.38. The fraction of sp³-hybridized carbons (Fsp3) is 0.346. The lowest BCUT2D eigenvalue weighted by Gasteiger charge is -2.27. The maximum atomic E-state index is 13.0. The van der Waals surface area contributed by atoms with Crippen molar-refractivity contribution in [2.45, 2.75) is 32.8 Å². The molecule has 2 aliphatic heterocycles. The molecule has 12 heteroatoms. The van der Waals surface area contributed by atoms with E-state index in [2.05, 4.69) is 15.9 Å². The fourth-order valence-corrected chi connectivity index (χ4v) is 5.39. The Balaban J connectivity index is 1.50. The number of rotatable bonds is 9. The quantitative estimate of drug-likeness (QED) is 0.213. The van der Waals surface area contributed by atoms with Crippen LogP contribution in [0.1, 0.15) is 37.3 Å². The summed E-state index contributed by atoms with van der Waals surface area (Å²) in [6.45, 7) is 3.27. The highest BCUT2D eigenvalue weighted by Crippen LogP contribution is 2.38. The minimum atomic E-state index is -0.513. The maximum absolute atomic E-state index is 13.0. The van der Waals surface area contributed by atoms with E-state index in [1.165, 1.54) is 12.1 Å². The van der Waals surface area contributed by atoms with Gasteiger partial charge in [-0.1, -0.05) is 28.1 Å². The molecule has 0 aliphatic carbocycles. The summed E-state index contributed by atoms with van der Waals surface area (Å²) in [7, 11) is 0. The van der Waals surface area contributed by atoms with Gasteiger partial charge < -0.3 is 14.4 Å². The summed E-state index contributed by atoms with van der Waals surface area (Å²) >= 11 is 4.28. The molecule has 10 nitrogen and oxygen atoms in total. The molecule has 3 amide bonds. The van der Waals surface area contributed by atoms with Gasteiger partial charge in [0, 0.05) is 29.7 Å². The molecule has 0 bridgehead atoms. The molecule has 4 rings (SSSR count). The van der Waals surface area contributed by atoms with Gasteiger partial charge in [-0.05, 0) is 67.3 Å². The molecule has 2 fully saturated rings. The number of nitro groups is 1. The number of piperidine rings is 1. The molecule has 0 spiro atoms. The smallest absolute Gasteiger partial charge is 0.294 e. The van der Waals surface area contributed by atoms with Crippen molar-refractivity contribution in [1.82, 2.24) is 9.80 Å². The van der Waals surface area contributed by atoms with Gasteiger partial charge in [0.05, 0.1) is 16.4 Å². The van der Waals surface area contributed by atoms with Gasteiger partial charge in [-0.25, -0.2) is 0 Å². The average Bonchev–Trinajstić information content (AvgIpc) is 3.17. The number of ether oxygens (including phenoxy) is 2. The number of nitrogens with zero attached hydrogens (tertiary/aromatic N) is 3. The van der Waals surface area contributed by atoms with E-state index in [-0.39, 0.29) is 29.7 Å². The van der Waals surface area contributed by atoms with Crippen LogP contribution in [0.4, 0.5) is 10.5 Å². The number of non-ortho nitro benzene ring substituents is 1. The minimum Gasteiger partial charge on any atom is -0.490 e. The summed E-state index contributed by atoms with van der Waals surface area (Å²) in [4.78, 5) is 51.6. The number of benzene rings is 2. The first-order chi connectivity index (χ1) is 18.3. The minimum absolute atomic E-state index is 0.0285. The number of amides is 3. The highest BCUT2D eigenvalue weighted by molar-refractivity contribution is 9.10. The second kappa shape index (κ2) is 12.4. The number of carbonyl (C=O) groups excluding carboxylic acids is 3. The molecule has 0 radical (unpaired) electrons. The molecule has 2 aromatic rings. The van der Waals surface area contributed by atoms with Crippen LogP contribution in [0.5, 0.6) is 11.5 Å². The number of hydrogen-bond acceptors (Lipinski definition) is 8. The molecule has 2 aromatic carbocycles. The Labute approximate surface area is 232 Å². The number of thioether (sulfide) groups is 1. The van der Waals surface area contributed by atoms with E-state index in [9.17, 15) is 24.5 Å². The first-order valence-corrected chi connectivity index (χ1v) is 13.7. The first kappa shape index (κ1) is 27.6. The van der Waals surface area contributed by atoms with Crippen LogP contribution in [0, 0.1) is 10.1 Å². The zero-order valence-electron chi connectivity index (χ0n) is 20.7. The van der Waals surface area contributed by atoms with Gasteiger partial charge in [-0.2, -0.15) is 0 Å². The van der Waals surface area contributed by atoms with Crippen LogP contribution in [0.25, 0.3) is 6.08 Å². The Morgan fingerprint density at radius 1 is 1.13 bits per heavy atom. The van der Waals surface area contributed by atoms with Crippen LogP contribution in [-0.4, -0.2) is 58.0 Å². The summed E-state index contributed by atoms with van der Waals surface area (Å²) in [5.74, 6) is 0.0778. The average molecular weight is 604 g/mol. The van der Waals surface area contributed by atoms with E-state index in [1.807, 2.05) is 6.92 Å². The van der Waals surface area contributed by atoms with E-state index in [1.54, 1.807) is 35.2 Å².